The predicted octanol–water partition coefficient (Wildman–Crippen LogP) is 4.72. The largest absolute Gasteiger partial charge is 0.494 e. The van der Waals surface area contributed by atoms with Gasteiger partial charge in [0.25, 0.3) is 18.8 Å². The number of carbonyl (C=O) groups is 1. The summed E-state index contributed by atoms with van der Waals surface area (Å²) in [6.45, 7) is 2.26. The molecule has 172 valence electrons. The topological polar surface area (TPSA) is 75.0 Å². The second-order valence-electron chi connectivity index (χ2n) is 7.40. The Morgan fingerprint density at radius 3 is 2.61 bits per heavy atom. The molecule has 0 bridgehead atoms. The monoisotopic (exact) mass is 461 g/mol. The summed E-state index contributed by atoms with van der Waals surface area (Å²) in [6.07, 6.45) is -7.86. The Labute approximate surface area is 186 Å². The summed E-state index contributed by atoms with van der Waals surface area (Å²) in [5.74, 6) is -0.579. The second-order valence-corrected chi connectivity index (χ2v) is 7.40. The van der Waals surface area contributed by atoms with Gasteiger partial charge in [0.05, 0.1) is 23.4 Å². The van der Waals surface area contributed by atoms with Crippen LogP contribution >= 0.6 is 0 Å². The Morgan fingerprint density at radius 1 is 1.15 bits per heavy atom. The summed E-state index contributed by atoms with van der Waals surface area (Å²) in [4.78, 5) is 17.9. The van der Waals surface area contributed by atoms with Crippen molar-refractivity contribution in [3.05, 3.63) is 60.2 Å². The smallest absolute Gasteiger partial charge is 0.287 e. The molecule has 10 heteroatoms. The van der Waals surface area contributed by atoms with Gasteiger partial charge in [-0.25, -0.2) is 22.5 Å². The molecule has 0 radical (unpaired) electrons. The highest BCUT2D eigenvalue weighted by Crippen LogP contribution is 2.36. The summed E-state index contributed by atoms with van der Waals surface area (Å²) >= 11 is 0. The molecule has 4 rings (SSSR count). The standard InChI is InChI=1S/C23H19F4N3O3/c1-2-33-14-7-5-6-13(10-14)18-11-16(15-8-3-4-9-17(15)28-18)21(31)30-23(32,22(26)27)12-19(29-30)20(24)25/h3-11,20,22,32H,2,12H2,1H3/t23-/m1/s1. The van der Waals surface area contributed by atoms with Crippen LogP contribution in [0.15, 0.2) is 59.7 Å². The average molecular weight is 461 g/mol. The first-order valence-corrected chi connectivity index (χ1v) is 10.1. The van der Waals surface area contributed by atoms with Gasteiger partial charge in [-0.15, -0.1) is 0 Å². The van der Waals surface area contributed by atoms with Crippen molar-refractivity contribution in [1.29, 1.82) is 0 Å². The Kier molecular flexibility index (Phi) is 6.03. The van der Waals surface area contributed by atoms with Crippen LogP contribution in [-0.4, -0.2) is 51.9 Å². The molecule has 6 nitrogen and oxygen atoms in total. The van der Waals surface area contributed by atoms with Crippen LogP contribution in [0.1, 0.15) is 23.7 Å². The molecule has 1 aliphatic heterocycles. The minimum absolute atomic E-state index is 0.0569. The van der Waals surface area contributed by atoms with E-state index in [1.54, 1.807) is 48.5 Å². The molecular formula is C23H19F4N3O3. The third-order valence-corrected chi connectivity index (χ3v) is 5.22. The van der Waals surface area contributed by atoms with Gasteiger partial charge in [-0.3, -0.25) is 4.79 Å². The second kappa shape index (κ2) is 8.78. The molecule has 0 unspecified atom stereocenters. The number of ether oxygens (including phenoxy) is 1. The van der Waals surface area contributed by atoms with Crippen molar-refractivity contribution in [2.75, 3.05) is 6.61 Å². The molecule has 0 saturated carbocycles. The van der Waals surface area contributed by atoms with E-state index in [-0.39, 0.29) is 10.6 Å². The fraction of sp³-hybridized carbons (Fsp3) is 0.261. The zero-order valence-electron chi connectivity index (χ0n) is 17.4. The van der Waals surface area contributed by atoms with E-state index in [9.17, 15) is 27.5 Å². The van der Waals surface area contributed by atoms with Crippen LogP contribution in [0, 0.1) is 0 Å². The number of hydrogen-bond donors (Lipinski definition) is 1. The minimum atomic E-state index is -3.52. The van der Waals surface area contributed by atoms with Gasteiger partial charge in [-0.2, -0.15) is 10.1 Å². The number of aliphatic hydroxyl groups is 1. The van der Waals surface area contributed by atoms with Gasteiger partial charge in [0.15, 0.2) is 0 Å². The average Bonchev–Trinajstić information content (AvgIpc) is 3.17. The number of carbonyl (C=O) groups excluding carboxylic acids is 1. The molecule has 2 heterocycles. The molecule has 1 aliphatic rings. The molecule has 33 heavy (non-hydrogen) atoms. The van der Waals surface area contributed by atoms with Crippen molar-refractivity contribution >= 4 is 22.5 Å². The molecule has 0 saturated heterocycles. The highest BCUT2D eigenvalue weighted by atomic mass is 19.3. The number of hydrazone groups is 1. The van der Waals surface area contributed by atoms with E-state index in [1.807, 2.05) is 6.92 Å². The highest BCUT2D eigenvalue weighted by Gasteiger charge is 2.53. The van der Waals surface area contributed by atoms with Gasteiger partial charge < -0.3 is 9.84 Å². The van der Waals surface area contributed by atoms with Crippen LogP contribution in [0.4, 0.5) is 17.6 Å². The van der Waals surface area contributed by atoms with E-state index in [2.05, 4.69) is 10.1 Å². The number of para-hydroxylation sites is 1. The van der Waals surface area contributed by atoms with E-state index in [0.29, 0.717) is 34.5 Å². The van der Waals surface area contributed by atoms with Crippen molar-refractivity contribution in [2.24, 2.45) is 5.10 Å². The van der Waals surface area contributed by atoms with Crippen molar-refractivity contribution in [3.63, 3.8) is 0 Å². The Balaban J connectivity index is 1.86. The lowest BCUT2D eigenvalue weighted by atomic mass is 10.0. The lowest BCUT2D eigenvalue weighted by molar-refractivity contribution is -0.164. The highest BCUT2D eigenvalue weighted by molar-refractivity contribution is 6.08. The molecule has 0 aliphatic carbocycles. The number of hydrogen-bond acceptors (Lipinski definition) is 5. The maximum absolute atomic E-state index is 13.7. The normalized spacial score (nSPS) is 18.3. The molecule has 2 aromatic carbocycles. The maximum Gasteiger partial charge on any atom is 0.287 e. The van der Waals surface area contributed by atoms with Crippen LogP contribution in [-0.2, 0) is 0 Å². The molecule has 1 aromatic heterocycles. The predicted molar refractivity (Wildman–Crippen MR) is 114 cm³/mol. The Bertz CT molecular complexity index is 1230. The van der Waals surface area contributed by atoms with Crippen LogP contribution in [0.3, 0.4) is 0 Å². The van der Waals surface area contributed by atoms with E-state index < -0.39 is 36.6 Å². The van der Waals surface area contributed by atoms with Crippen LogP contribution in [0.2, 0.25) is 0 Å². The van der Waals surface area contributed by atoms with Crippen LogP contribution in [0.25, 0.3) is 22.2 Å². The lowest BCUT2D eigenvalue weighted by Crippen LogP contribution is -2.51. The fourth-order valence-corrected chi connectivity index (χ4v) is 3.63. The van der Waals surface area contributed by atoms with Crippen molar-refractivity contribution in [1.82, 2.24) is 9.99 Å². The van der Waals surface area contributed by atoms with Gasteiger partial charge in [-0.05, 0) is 31.2 Å². The van der Waals surface area contributed by atoms with Crippen molar-refractivity contribution in [2.45, 2.75) is 31.9 Å². The maximum atomic E-state index is 13.7. The zero-order valence-corrected chi connectivity index (χ0v) is 17.4. The molecule has 1 amide bonds. The zero-order chi connectivity index (χ0) is 23.8. The third-order valence-electron chi connectivity index (χ3n) is 5.22. The Hall–Kier alpha value is -3.53. The summed E-state index contributed by atoms with van der Waals surface area (Å²) in [5.41, 5.74) is -3.00. The van der Waals surface area contributed by atoms with Gasteiger partial charge in [0, 0.05) is 17.4 Å². The SMILES string of the molecule is CCOc1cccc(-c2cc(C(=O)N3N=C(C(F)F)C[C@@]3(O)C(F)F)c3ccccc3n2)c1. The van der Waals surface area contributed by atoms with E-state index >= 15 is 0 Å². The van der Waals surface area contributed by atoms with Crippen molar-refractivity contribution < 1.29 is 32.2 Å². The van der Waals surface area contributed by atoms with Gasteiger partial charge in [-0.1, -0.05) is 30.3 Å². The van der Waals surface area contributed by atoms with Gasteiger partial charge >= 0.3 is 0 Å². The summed E-state index contributed by atoms with van der Waals surface area (Å²) in [6, 6.07) is 14.7. The molecular weight excluding hydrogens is 442 g/mol. The molecule has 1 atom stereocenters. The molecule has 0 spiro atoms. The number of benzene rings is 2. The van der Waals surface area contributed by atoms with Crippen LogP contribution < -0.4 is 4.74 Å². The number of fused-ring (bicyclic) bond motifs is 1. The van der Waals surface area contributed by atoms with Crippen LogP contribution in [0.5, 0.6) is 5.75 Å². The first-order valence-electron chi connectivity index (χ1n) is 10.1. The number of alkyl halides is 4. The molecule has 3 aromatic rings. The summed E-state index contributed by atoms with van der Waals surface area (Å²) < 4.78 is 59.2. The number of aromatic nitrogens is 1. The Morgan fingerprint density at radius 2 is 1.91 bits per heavy atom. The van der Waals surface area contributed by atoms with E-state index in [0.717, 1.165) is 0 Å². The van der Waals surface area contributed by atoms with E-state index in [1.165, 1.54) is 6.07 Å². The number of pyridine rings is 1. The summed E-state index contributed by atoms with van der Waals surface area (Å²) in [5, 5.41) is 14.1. The molecule has 1 N–H and O–H groups in total. The first-order chi connectivity index (χ1) is 15.7. The molecule has 0 fully saturated rings. The lowest BCUT2D eigenvalue weighted by Gasteiger charge is -2.30. The van der Waals surface area contributed by atoms with E-state index in [4.69, 9.17) is 4.74 Å². The minimum Gasteiger partial charge on any atom is -0.494 e. The number of halogens is 4. The first kappa shape index (κ1) is 22.7. The number of rotatable bonds is 6. The van der Waals surface area contributed by atoms with Crippen molar-refractivity contribution in [3.8, 4) is 17.0 Å². The van der Waals surface area contributed by atoms with Gasteiger partial charge in [0.2, 0.25) is 5.72 Å². The number of nitrogens with zero attached hydrogens (tertiary/aromatic N) is 3. The number of amides is 1. The summed E-state index contributed by atoms with van der Waals surface area (Å²) in [7, 11) is 0. The third kappa shape index (κ3) is 4.13. The van der Waals surface area contributed by atoms with Gasteiger partial charge in [0.1, 0.15) is 11.5 Å². The fourth-order valence-electron chi connectivity index (χ4n) is 3.63. The quantitative estimate of drug-likeness (QED) is 0.539.